The number of hydrogen-bond donors (Lipinski definition) is 4. The highest BCUT2D eigenvalue weighted by Gasteiger charge is 2.31. The zero-order chi connectivity index (χ0) is 29.6. The summed E-state index contributed by atoms with van der Waals surface area (Å²) in [5.41, 5.74) is 10.8. The predicted molar refractivity (Wildman–Crippen MR) is 160 cm³/mol. The molecule has 212 valence electrons. The van der Waals surface area contributed by atoms with Crippen molar-refractivity contribution >= 4 is 34.9 Å². The SMILES string of the molecule is C=C(N=C/C(=C\C)NC(=O)c1cc(NC(=C2CCC2)c2cccc(C(F)(F)F)c2)ccc1C)Nc1cccc(N)c1. The van der Waals surface area contributed by atoms with Gasteiger partial charge in [-0.1, -0.05) is 36.9 Å². The standard InChI is InChI=1S/C32H32F3N5O/c1-4-26(19-37-21(3)38-27-13-7-12-25(36)17-27)40-31(41)29-18-28(15-14-20(29)2)39-30(22-8-5-9-22)23-10-6-11-24(16-23)32(33,34)35/h4,6-7,10-19,38-39H,3,5,8-9,36H2,1-2H3,(H,40,41)/b26-4+,37-19?. The second kappa shape index (κ2) is 12.6. The molecule has 6 nitrogen and oxygen atoms in total. The highest BCUT2D eigenvalue weighted by Crippen LogP contribution is 2.37. The van der Waals surface area contributed by atoms with Crippen LogP contribution in [0.1, 0.15) is 53.2 Å². The molecule has 1 aliphatic carbocycles. The number of aryl methyl sites for hydroxylation is 1. The molecule has 4 rings (SSSR count). The first-order valence-corrected chi connectivity index (χ1v) is 13.1. The minimum Gasteiger partial charge on any atom is -0.399 e. The van der Waals surface area contributed by atoms with Gasteiger partial charge in [0.1, 0.15) is 5.82 Å². The van der Waals surface area contributed by atoms with E-state index in [1.54, 1.807) is 43.3 Å². The molecule has 0 radical (unpaired) electrons. The monoisotopic (exact) mass is 559 g/mol. The number of benzene rings is 3. The van der Waals surface area contributed by atoms with Gasteiger partial charge in [0.15, 0.2) is 0 Å². The minimum atomic E-state index is -4.44. The summed E-state index contributed by atoms with van der Waals surface area (Å²) in [5.74, 6) is 0.00903. The van der Waals surface area contributed by atoms with Crippen LogP contribution in [0.2, 0.25) is 0 Å². The number of nitrogens with zero attached hydrogens (tertiary/aromatic N) is 1. The number of amides is 1. The molecule has 1 amide bonds. The number of allylic oxidation sites excluding steroid dienone is 3. The van der Waals surface area contributed by atoms with Crippen molar-refractivity contribution in [2.45, 2.75) is 39.3 Å². The first-order valence-electron chi connectivity index (χ1n) is 13.1. The smallest absolute Gasteiger partial charge is 0.399 e. The lowest BCUT2D eigenvalue weighted by Gasteiger charge is -2.24. The van der Waals surface area contributed by atoms with E-state index >= 15 is 0 Å². The van der Waals surface area contributed by atoms with Gasteiger partial charge in [-0.05, 0) is 92.3 Å². The average molecular weight is 560 g/mol. The zero-order valence-electron chi connectivity index (χ0n) is 22.9. The fourth-order valence-corrected chi connectivity index (χ4v) is 4.25. The molecule has 1 aliphatic rings. The number of aliphatic imine (C=N–C) groups is 1. The maximum atomic E-state index is 13.4. The molecule has 0 aliphatic heterocycles. The van der Waals surface area contributed by atoms with Crippen molar-refractivity contribution in [2.24, 2.45) is 4.99 Å². The Hall–Kier alpha value is -4.79. The quantitative estimate of drug-likeness (QED) is 0.158. The number of carbonyl (C=O) groups is 1. The van der Waals surface area contributed by atoms with Crippen LogP contribution in [0.5, 0.6) is 0 Å². The van der Waals surface area contributed by atoms with Crippen LogP contribution in [0, 0.1) is 6.92 Å². The van der Waals surface area contributed by atoms with Gasteiger partial charge in [0.05, 0.1) is 17.5 Å². The number of nitrogen functional groups attached to an aromatic ring is 1. The van der Waals surface area contributed by atoms with E-state index < -0.39 is 11.7 Å². The lowest BCUT2D eigenvalue weighted by molar-refractivity contribution is -0.137. The minimum absolute atomic E-state index is 0.350. The van der Waals surface area contributed by atoms with E-state index in [2.05, 4.69) is 27.5 Å². The first kappa shape index (κ1) is 29.2. The van der Waals surface area contributed by atoms with Gasteiger partial charge in [-0.3, -0.25) is 4.79 Å². The largest absolute Gasteiger partial charge is 0.416 e. The number of anilines is 3. The number of alkyl halides is 3. The Labute approximate surface area is 237 Å². The predicted octanol–water partition coefficient (Wildman–Crippen LogP) is 7.89. The van der Waals surface area contributed by atoms with Crippen LogP contribution in [0.3, 0.4) is 0 Å². The van der Waals surface area contributed by atoms with Crippen molar-refractivity contribution in [2.75, 3.05) is 16.4 Å². The third-order valence-corrected chi connectivity index (χ3v) is 6.64. The Morgan fingerprint density at radius 2 is 1.73 bits per heavy atom. The van der Waals surface area contributed by atoms with Gasteiger partial charge in [0, 0.05) is 28.3 Å². The molecule has 0 heterocycles. The van der Waals surface area contributed by atoms with Crippen molar-refractivity contribution in [3.63, 3.8) is 0 Å². The molecule has 1 saturated carbocycles. The third-order valence-electron chi connectivity index (χ3n) is 6.64. The van der Waals surface area contributed by atoms with Crippen LogP contribution < -0.4 is 21.7 Å². The molecule has 41 heavy (non-hydrogen) atoms. The van der Waals surface area contributed by atoms with E-state index in [1.807, 2.05) is 25.1 Å². The molecule has 1 fully saturated rings. The van der Waals surface area contributed by atoms with E-state index in [1.165, 1.54) is 12.3 Å². The van der Waals surface area contributed by atoms with Crippen LogP contribution >= 0.6 is 0 Å². The normalized spacial score (nSPS) is 13.5. The molecule has 0 bridgehead atoms. The Bertz CT molecular complexity index is 1550. The molecule has 3 aromatic carbocycles. The topological polar surface area (TPSA) is 91.5 Å². The molecule has 9 heteroatoms. The summed E-state index contributed by atoms with van der Waals surface area (Å²) in [5, 5.41) is 9.19. The molecule has 0 spiro atoms. The van der Waals surface area contributed by atoms with E-state index in [-0.39, 0.29) is 5.91 Å². The lowest BCUT2D eigenvalue weighted by atomic mass is 9.88. The summed E-state index contributed by atoms with van der Waals surface area (Å²) in [6, 6.07) is 17.8. The number of carbonyl (C=O) groups excluding carboxylic acids is 1. The van der Waals surface area contributed by atoms with Gasteiger partial charge in [0.25, 0.3) is 5.91 Å². The number of nitrogens with one attached hydrogen (secondary N) is 3. The summed E-state index contributed by atoms with van der Waals surface area (Å²) in [6.45, 7) is 7.47. The maximum Gasteiger partial charge on any atom is 0.416 e. The Morgan fingerprint density at radius 1 is 1.00 bits per heavy atom. The second-order valence-corrected chi connectivity index (χ2v) is 9.72. The maximum absolute atomic E-state index is 13.4. The summed E-state index contributed by atoms with van der Waals surface area (Å²) in [6.07, 6.45) is 1.35. The van der Waals surface area contributed by atoms with Gasteiger partial charge in [-0.2, -0.15) is 13.2 Å². The van der Waals surface area contributed by atoms with Gasteiger partial charge >= 0.3 is 6.18 Å². The van der Waals surface area contributed by atoms with E-state index in [4.69, 9.17) is 5.73 Å². The van der Waals surface area contributed by atoms with Crippen molar-refractivity contribution in [1.82, 2.24) is 5.32 Å². The molecule has 5 N–H and O–H groups in total. The Morgan fingerprint density at radius 3 is 2.39 bits per heavy atom. The Kier molecular flexibility index (Phi) is 8.97. The van der Waals surface area contributed by atoms with Crippen LogP contribution in [-0.4, -0.2) is 12.1 Å². The molecule has 0 saturated heterocycles. The third kappa shape index (κ3) is 7.66. The molecule has 0 unspecified atom stereocenters. The zero-order valence-corrected chi connectivity index (χ0v) is 22.9. The summed E-state index contributed by atoms with van der Waals surface area (Å²) < 4.78 is 40.1. The molecule has 0 atom stereocenters. The number of hydrogen-bond acceptors (Lipinski definition) is 5. The van der Waals surface area contributed by atoms with E-state index in [0.29, 0.717) is 39.7 Å². The first-order chi connectivity index (χ1) is 19.5. The number of nitrogens with two attached hydrogens (primary N) is 1. The van der Waals surface area contributed by atoms with Crippen molar-refractivity contribution in [1.29, 1.82) is 0 Å². The van der Waals surface area contributed by atoms with Crippen LogP contribution in [0.25, 0.3) is 5.70 Å². The lowest BCUT2D eigenvalue weighted by Crippen LogP contribution is -2.24. The second-order valence-electron chi connectivity index (χ2n) is 9.72. The fourth-order valence-electron chi connectivity index (χ4n) is 4.25. The molecular weight excluding hydrogens is 527 g/mol. The van der Waals surface area contributed by atoms with Crippen molar-refractivity contribution in [3.05, 3.63) is 119 Å². The molecule has 0 aromatic heterocycles. The van der Waals surface area contributed by atoms with Gasteiger partial charge in [-0.25, -0.2) is 4.99 Å². The van der Waals surface area contributed by atoms with Gasteiger partial charge in [-0.15, -0.1) is 0 Å². The summed E-state index contributed by atoms with van der Waals surface area (Å²) in [4.78, 5) is 17.5. The van der Waals surface area contributed by atoms with Crippen molar-refractivity contribution < 1.29 is 18.0 Å². The van der Waals surface area contributed by atoms with Crippen molar-refractivity contribution in [3.8, 4) is 0 Å². The highest BCUT2D eigenvalue weighted by molar-refractivity contribution is 6.01. The highest BCUT2D eigenvalue weighted by atomic mass is 19.4. The van der Waals surface area contributed by atoms with E-state index in [9.17, 15) is 18.0 Å². The van der Waals surface area contributed by atoms with Gasteiger partial charge < -0.3 is 21.7 Å². The van der Waals surface area contributed by atoms with Crippen LogP contribution in [0.4, 0.5) is 30.2 Å². The number of rotatable bonds is 9. The Balaban J connectivity index is 1.50. The number of halogens is 3. The molecule has 3 aromatic rings. The van der Waals surface area contributed by atoms with Gasteiger partial charge in [0.2, 0.25) is 0 Å². The summed E-state index contributed by atoms with van der Waals surface area (Å²) in [7, 11) is 0. The average Bonchev–Trinajstić information content (AvgIpc) is 2.90. The van der Waals surface area contributed by atoms with Crippen LogP contribution in [0.15, 0.2) is 101 Å². The molecular formula is C32H32F3N5O. The fraction of sp³-hybridized carbons (Fsp3) is 0.188. The van der Waals surface area contributed by atoms with E-state index in [0.717, 1.165) is 48.2 Å². The summed E-state index contributed by atoms with van der Waals surface area (Å²) >= 11 is 0. The van der Waals surface area contributed by atoms with Crippen LogP contribution in [-0.2, 0) is 6.18 Å².